The van der Waals surface area contributed by atoms with Crippen molar-refractivity contribution in [2.24, 2.45) is 0 Å². The van der Waals surface area contributed by atoms with E-state index in [4.69, 9.17) is 0 Å². The molecule has 0 aliphatic heterocycles. The van der Waals surface area contributed by atoms with Gasteiger partial charge in [0.25, 0.3) is 11.5 Å². The quantitative estimate of drug-likeness (QED) is 0.719. The van der Waals surface area contributed by atoms with Gasteiger partial charge in [0.2, 0.25) is 0 Å². The molecule has 1 aromatic carbocycles. The molecule has 0 radical (unpaired) electrons. The zero-order valence-corrected chi connectivity index (χ0v) is 15.7. The van der Waals surface area contributed by atoms with Crippen LogP contribution < -0.4 is 10.5 Å². The molecule has 0 unspecified atom stereocenters. The van der Waals surface area contributed by atoms with E-state index in [1.807, 2.05) is 0 Å². The maximum Gasteiger partial charge on any atom is 0.278 e. The van der Waals surface area contributed by atoms with Crippen LogP contribution in [0.5, 0.6) is 0 Å². The molecule has 6 nitrogen and oxygen atoms in total. The van der Waals surface area contributed by atoms with Crippen LogP contribution in [0.4, 0.5) is 5.69 Å². The molecular formula is C21H21N5O. The zero-order chi connectivity index (χ0) is 19.0. The number of fused-ring (bicyclic) bond motifs is 1. The molecule has 0 bridgehead atoms. The van der Waals surface area contributed by atoms with E-state index in [-0.39, 0.29) is 5.56 Å². The lowest BCUT2D eigenvalue weighted by molar-refractivity contribution is 0.730. The van der Waals surface area contributed by atoms with Gasteiger partial charge in [-0.2, -0.15) is 9.78 Å². The van der Waals surface area contributed by atoms with Gasteiger partial charge in [0.15, 0.2) is 0 Å². The predicted molar refractivity (Wildman–Crippen MR) is 107 cm³/mol. The van der Waals surface area contributed by atoms with Crippen molar-refractivity contribution in [3.8, 4) is 5.95 Å². The third-order valence-corrected chi connectivity index (χ3v) is 4.96. The topological polar surface area (TPSA) is 63.9 Å². The maximum absolute atomic E-state index is 12.9. The first-order chi connectivity index (χ1) is 13.1. The minimum absolute atomic E-state index is 0.146. The molecule has 0 saturated heterocycles. The van der Waals surface area contributed by atoms with E-state index >= 15 is 0 Å². The second-order valence-corrected chi connectivity index (χ2v) is 6.86. The number of anilines is 1. The SMILES string of the molecule is Cc1c(C2=Cc3cnn(-c4ncccn4)c(=O)c3CC2)cccc1N(C)C. The Hall–Kier alpha value is -3.28. The molecule has 6 heteroatoms. The Balaban J connectivity index is 1.78. The second kappa shape index (κ2) is 6.79. The molecule has 27 heavy (non-hydrogen) atoms. The van der Waals surface area contributed by atoms with Gasteiger partial charge < -0.3 is 4.90 Å². The molecule has 2 heterocycles. The number of hydrogen-bond donors (Lipinski definition) is 0. The Bertz CT molecular complexity index is 1080. The molecule has 0 fully saturated rings. The minimum atomic E-state index is -0.146. The molecule has 1 aliphatic rings. The number of hydrogen-bond acceptors (Lipinski definition) is 5. The highest BCUT2D eigenvalue weighted by Gasteiger charge is 2.19. The van der Waals surface area contributed by atoms with Gasteiger partial charge >= 0.3 is 0 Å². The van der Waals surface area contributed by atoms with E-state index in [0.29, 0.717) is 12.4 Å². The van der Waals surface area contributed by atoms with Crippen molar-refractivity contribution in [3.63, 3.8) is 0 Å². The third kappa shape index (κ3) is 3.03. The van der Waals surface area contributed by atoms with Crippen LogP contribution in [-0.4, -0.2) is 33.8 Å². The van der Waals surface area contributed by atoms with Crippen LogP contribution in [0.25, 0.3) is 17.6 Å². The lowest BCUT2D eigenvalue weighted by Crippen LogP contribution is -2.28. The normalized spacial score (nSPS) is 13.1. The average Bonchev–Trinajstić information content (AvgIpc) is 2.68. The molecule has 0 saturated carbocycles. The standard InChI is InChI=1S/C21H21N5O/c1-14-17(6-4-7-19(14)25(2)3)15-8-9-18-16(12-15)13-24-26(20(18)27)21-22-10-5-11-23-21/h4-7,10-13H,8-9H2,1-3H3. The highest BCUT2D eigenvalue weighted by Crippen LogP contribution is 2.33. The van der Waals surface area contributed by atoms with E-state index in [0.717, 1.165) is 17.5 Å². The van der Waals surface area contributed by atoms with E-state index in [2.05, 4.69) is 65.3 Å². The Morgan fingerprint density at radius 1 is 1.07 bits per heavy atom. The van der Waals surface area contributed by atoms with Gasteiger partial charge in [-0.25, -0.2) is 9.97 Å². The van der Waals surface area contributed by atoms with E-state index in [1.165, 1.54) is 27.1 Å². The van der Waals surface area contributed by atoms with Gasteiger partial charge in [-0.15, -0.1) is 0 Å². The van der Waals surface area contributed by atoms with Crippen molar-refractivity contribution in [3.05, 3.63) is 75.5 Å². The van der Waals surface area contributed by atoms with Gasteiger partial charge in [0.05, 0.1) is 6.20 Å². The minimum Gasteiger partial charge on any atom is -0.377 e. The van der Waals surface area contributed by atoms with E-state index < -0.39 is 0 Å². The lowest BCUT2D eigenvalue weighted by Gasteiger charge is -2.22. The molecule has 0 spiro atoms. The number of nitrogens with zero attached hydrogens (tertiary/aromatic N) is 5. The third-order valence-electron chi connectivity index (χ3n) is 4.96. The predicted octanol–water partition coefficient (Wildman–Crippen LogP) is 2.88. The molecular weight excluding hydrogens is 338 g/mol. The van der Waals surface area contributed by atoms with Crippen molar-refractivity contribution in [2.75, 3.05) is 19.0 Å². The van der Waals surface area contributed by atoms with E-state index in [9.17, 15) is 4.79 Å². The Morgan fingerprint density at radius 2 is 1.85 bits per heavy atom. The van der Waals surface area contributed by atoms with Crippen LogP contribution in [0.2, 0.25) is 0 Å². The molecule has 0 N–H and O–H groups in total. The van der Waals surface area contributed by atoms with Gasteiger partial charge in [-0.3, -0.25) is 4.79 Å². The first kappa shape index (κ1) is 17.1. The van der Waals surface area contributed by atoms with Crippen LogP contribution in [0.1, 0.15) is 28.7 Å². The van der Waals surface area contributed by atoms with E-state index in [1.54, 1.807) is 24.7 Å². The lowest BCUT2D eigenvalue weighted by atomic mass is 9.88. The fraction of sp³-hybridized carbons (Fsp3) is 0.238. The highest BCUT2D eigenvalue weighted by molar-refractivity contribution is 5.86. The maximum atomic E-state index is 12.9. The summed E-state index contributed by atoms with van der Waals surface area (Å²) < 4.78 is 1.27. The number of rotatable bonds is 3. The van der Waals surface area contributed by atoms with Crippen molar-refractivity contribution >= 4 is 17.3 Å². The van der Waals surface area contributed by atoms with Crippen LogP contribution >= 0.6 is 0 Å². The molecule has 2 aromatic heterocycles. The van der Waals surface area contributed by atoms with Crippen molar-refractivity contribution < 1.29 is 0 Å². The largest absolute Gasteiger partial charge is 0.377 e. The van der Waals surface area contributed by atoms with Crippen LogP contribution in [0.3, 0.4) is 0 Å². The summed E-state index contributed by atoms with van der Waals surface area (Å²) in [6, 6.07) is 8.06. The molecule has 136 valence electrons. The summed E-state index contributed by atoms with van der Waals surface area (Å²) in [6.45, 7) is 2.14. The number of aromatic nitrogens is 4. The van der Waals surface area contributed by atoms with Gasteiger partial charge in [0.1, 0.15) is 0 Å². The van der Waals surface area contributed by atoms with Crippen molar-refractivity contribution in [1.29, 1.82) is 0 Å². The molecule has 4 rings (SSSR count). The second-order valence-electron chi connectivity index (χ2n) is 6.86. The average molecular weight is 359 g/mol. The Morgan fingerprint density at radius 3 is 2.59 bits per heavy atom. The monoisotopic (exact) mass is 359 g/mol. The molecule has 0 amide bonds. The van der Waals surface area contributed by atoms with Crippen molar-refractivity contribution in [2.45, 2.75) is 19.8 Å². The molecule has 3 aromatic rings. The number of benzene rings is 1. The van der Waals surface area contributed by atoms with Gasteiger partial charge in [-0.05, 0) is 54.7 Å². The summed E-state index contributed by atoms with van der Waals surface area (Å²) in [7, 11) is 4.10. The smallest absolute Gasteiger partial charge is 0.278 e. The first-order valence-electron chi connectivity index (χ1n) is 8.92. The summed E-state index contributed by atoms with van der Waals surface area (Å²) >= 11 is 0. The van der Waals surface area contributed by atoms with Crippen LogP contribution in [0.15, 0.2) is 47.7 Å². The summed E-state index contributed by atoms with van der Waals surface area (Å²) in [5.41, 5.74) is 6.41. The fourth-order valence-corrected chi connectivity index (χ4v) is 3.61. The fourth-order valence-electron chi connectivity index (χ4n) is 3.61. The molecule has 1 aliphatic carbocycles. The Kier molecular flexibility index (Phi) is 4.32. The Labute approximate surface area is 157 Å². The highest BCUT2D eigenvalue weighted by atomic mass is 16.1. The summed E-state index contributed by atoms with van der Waals surface area (Å²) in [5.74, 6) is 0.301. The summed E-state index contributed by atoms with van der Waals surface area (Å²) in [5, 5.41) is 4.28. The van der Waals surface area contributed by atoms with Crippen LogP contribution in [0, 0.1) is 6.92 Å². The summed E-state index contributed by atoms with van der Waals surface area (Å²) in [6.07, 6.45) is 8.53. The van der Waals surface area contributed by atoms with Gasteiger partial charge in [-0.1, -0.05) is 12.1 Å². The zero-order valence-electron chi connectivity index (χ0n) is 15.7. The first-order valence-corrected chi connectivity index (χ1v) is 8.92. The number of allylic oxidation sites excluding steroid dienone is 1. The molecule has 0 atom stereocenters. The van der Waals surface area contributed by atoms with Crippen molar-refractivity contribution in [1.82, 2.24) is 19.7 Å². The van der Waals surface area contributed by atoms with Gasteiger partial charge in [0, 0.05) is 43.3 Å². The summed E-state index contributed by atoms with van der Waals surface area (Å²) in [4.78, 5) is 23.2. The van der Waals surface area contributed by atoms with Crippen LogP contribution in [-0.2, 0) is 6.42 Å².